The van der Waals surface area contributed by atoms with Crippen LogP contribution < -0.4 is 10.6 Å². The van der Waals surface area contributed by atoms with Crippen molar-refractivity contribution in [3.8, 4) is 0 Å². The van der Waals surface area contributed by atoms with Gasteiger partial charge in [0.2, 0.25) is 5.91 Å². The molecule has 0 spiro atoms. The second-order valence-electron chi connectivity index (χ2n) is 11.8. The van der Waals surface area contributed by atoms with Crippen molar-refractivity contribution in [3.05, 3.63) is 71.9 Å². The predicted octanol–water partition coefficient (Wildman–Crippen LogP) is 4.58. The number of aromatic amines is 1. The van der Waals surface area contributed by atoms with Gasteiger partial charge in [0.25, 0.3) is 0 Å². The average Bonchev–Trinajstić information content (AvgIpc) is 3.32. The van der Waals surface area contributed by atoms with Crippen molar-refractivity contribution in [1.82, 2.24) is 25.4 Å². The Labute approximate surface area is 235 Å². The van der Waals surface area contributed by atoms with Gasteiger partial charge in [0.05, 0.1) is 12.6 Å². The van der Waals surface area contributed by atoms with Crippen LogP contribution in [0.15, 0.2) is 60.8 Å². The van der Waals surface area contributed by atoms with Gasteiger partial charge in [0.15, 0.2) is 0 Å². The molecule has 0 aliphatic carbocycles. The Bertz CT molecular complexity index is 1350. The first-order chi connectivity index (χ1) is 19.2. The van der Waals surface area contributed by atoms with Gasteiger partial charge in [-0.3, -0.25) is 9.69 Å². The number of rotatable bonds is 8. The number of carbonyl (C=O) groups excluding carboxylic acids is 3. The number of para-hydroxylation sites is 1. The molecule has 4 amide bonds. The van der Waals surface area contributed by atoms with Gasteiger partial charge in [-0.05, 0) is 57.2 Å². The van der Waals surface area contributed by atoms with Crippen molar-refractivity contribution in [3.63, 3.8) is 0 Å². The Morgan fingerprint density at radius 2 is 1.85 bits per heavy atom. The maximum absolute atomic E-state index is 13.4. The molecule has 2 saturated heterocycles. The number of fused-ring (bicyclic) bond motifs is 2. The highest BCUT2D eigenvalue weighted by molar-refractivity contribution is 5.97. The Balaban J connectivity index is 1.28. The molecular formula is C31H39N5O4. The normalized spacial score (nSPS) is 20.4. The predicted molar refractivity (Wildman–Crippen MR) is 154 cm³/mol. The zero-order chi connectivity index (χ0) is 28.3. The number of nitrogens with one attached hydrogen (secondary N) is 3. The van der Waals surface area contributed by atoms with E-state index in [1.165, 1.54) is 4.90 Å². The number of nitrogens with zero attached hydrogens (tertiary/aromatic N) is 2. The average molecular weight is 546 g/mol. The summed E-state index contributed by atoms with van der Waals surface area (Å²) in [7, 11) is 0. The summed E-state index contributed by atoms with van der Waals surface area (Å²) < 4.78 is 5.55. The van der Waals surface area contributed by atoms with E-state index in [1.54, 1.807) is 0 Å². The highest BCUT2D eigenvalue weighted by Gasteiger charge is 2.44. The number of alkyl carbamates (subject to hydrolysis) is 1. The zero-order valence-electron chi connectivity index (χ0n) is 23.5. The van der Waals surface area contributed by atoms with Crippen LogP contribution in [0.3, 0.4) is 0 Å². The first kappa shape index (κ1) is 27.7. The molecular weight excluding hydrogens is 506 g/mol. The molecule has 2 fully saturated rings. The number of ether oxygens (including phenoxy) is 1. The monoisotopic (exact) mass is 545 g/mol. The van der Waals surface area contributed by atoms with E-state index in [-0.39, 0.29) is 43.0 Å². The molecule has 9 nitrogen and oxygen atoms in total. The van der Waals surface area contributed by atoms with Crippen LogP contribution in [-0.2, 0) is 22.5 Å². The van der Waals surface area contributed by atoms with Crippen molar-refractivity contribution in [2.45, 2.75) is 76.7 Å². The summed E-state index contributed by atoms with van der Waals surface area (Å²) in [6.07, 6.45) is 4.09. The third-order valence-electron chi connectivity index (χ3n) is 7.61. The number of carbonyl (C=O) groups is 3. The van der Waals surface area contributed by atoms with Crippen LogP contribution in [-0.4, -0.2) is 69.6 Å². The smallest absolute Gasteiger partial charge is 0.407 e. The third-order valence-corrected chi connectivity index (χ3v) is 7.61. The van der Waals surface area contributed by atoms with Crippen LogP contribution in [0.5, 0.6) is 0 Å². The number of H-pyrrole nitrogens is 1. The molecule has 5 rings (SSSR count). The maximum Gasteiger partial charge on any atom is 0.407 e. The second-order valence-corrected chi connectivity index (χ2v) is 11.8. The summed E-state index contributed by atoms with van der Waals surface area (Å²) in [6, 6.07) is 17.0. The number of urea groups is 1. The van der Waals surface area contributed by atoms with Crippen LogP contribution in [0.4, 0.5) is 9.59 Å². The summed E-state index contributed by atoms with van der Waals surface area (Å²) in [5, 5.41) is 7.77. The number of benzene rings is 2. The summed E-state index contributed by atoms with van der Waals surface area (Å²) in [4.78, 5) is 45.8. The molecule has 40 heavy (non-hydrogen) atoms. The maximum atomic E-state index is 13.4. The van der Waals surface area contributed by atoms with Crippen molar-refractivity contribution in [2.75, 3.05) is 13.1 Å². The van der Waals surface area contributed by atoms with Gasteiger partial charge in [0.1, 0.15) is 5.60 Å². The summed E-state index contributed by atoms with van der Waals surface area (Å²) in [5.74, 6) is -0.147. The van der Waals surface area contributed by atoms with Crippen LogP contribution in [0, 0.1) is 0 Å². The first-order valence-electron chi connectivity index (χ1n) is 14.1. The third kappa shape index (κ3) is 6.47. The van der Waals surface area contributed by atoms with Crippen LogP contribution in [0.25, 0.3) is 10.9 Å². The molecule has 2 aliphatic heterocycles. The summed E-state index contributed by atoms with van der Waals surface area (Å²) >= 11 is 0. The van der Waals surface area contributed by atoms with Crippen LogP contribution >= 0.6 is 0 Å². The van der Waals surface area contributed by atoms with E-state index in [0.717, 1.165) is 34.9 Å². The van der Waals surface area contributed by atoms with Crippen LogP contribution in [0.1, 0.15) is 51.2 Å². The van der Waals surface area contributed by atoms with E-state index in [2.05, 4.69) is 21.7 Å². The number of imide groups is 1. The minimum absolute atomic E-state index is 0.0496. The lowest BCUT2D eigenvalue weighted by Crippen LogP contribution is -2.65. The molecule has 2 aromatic carbocycles. The number of hydrogen-bond donors (Lipinski definition) is 3. The Hall–Kier alpha value is -3.85. The molecule has 0 unspecified atom stereocenters. The lowest BCUT2D eigenvalue weighted by atomic mass is 9.91. The zero-order valence-corrected chi connectivity index (χ0v) is 23.5. The molecule has 2 aliphatic rings. The topological polar surface area (TPSA) is 107 Å². The van der Waals surface area contributed by atoms with Crippen molar-refractivity contribution < 1.29 is 19.1 Å². The SMILES string of the molecule is CC(C)(C)OC(=O)N[C@H](CN[C@@H]1CCCN2C(=O)N(Cc3ccccc3)C(=O)C[C@H]12)Cc1c[nH]c2ccccc12. The van der Waals surface area contributed by atoms with E-state index < -0.39 is 11.7 Å². The van der Waals surface area contributed by atoms with E-state index in [1.807, 2.05) is 80.4 Å². The molecule has 212 valence electrons. The number of piperidine rings is 1. The summed E-state index contributed by atoms with van der Waals surface area (Å²) in [5.41, 5.74) is 2.47. The van der Waals surface area contributed by atoms with Gasteiger partial charge >= 0.3 is 12.1 Å². The lowest BCUT2D eigenvalue weighted by molar-refractivity contribution is -0.134. The molecule has 3 atom stereocenters. The fourth-order valence-electron chi connectivity index (χ4n) is 5.77. The minimum atomic E-state index is -0.610. The largest absolute Gasteiger partial charge is 0.444 e. The Morgan fingerprint density at radius 1 is 1.10 bits per heavy atom. The molecule has 3 N–H and O–H groups in total. The van der Waals surface area contributed by atoms with Gasteiger partial charge in [-0.15, -0.1) is 0 Å². The van der Waals surface area contributed by atoms with Gasteiger partial charge < -0.3 is 25.3 Å². The van der Waals surface area contributed by atoms with Crippen LogP contribution in [0.2, 0.25) is 0 Å². The van der Waals surface area contributed by atoms with Gasteiger partial charge in [-0.25, -0.2) is 9.59 Å². The first-order valence-corrected chi connectivity index (χ1v) is 14.1. The number of amides is 4. The Morgan fingerprint density at radius 3 is 2.62 bits per heavy atom. The molecule has 0 radical (unpaired) electrons. The molecule has 1 aromatic heterocycles. The van der Waals surface area contributed by atoms with E-state index in [0.29, 0.717) is 19.5 Å². The van der Waals surface area contributed by atoms with Gasteiger partial charge in [-0.2, -0.15) is 0 Å². The number of hydrogen-bond acceptors (Lipinski definition) is 5. The molecule has 0 bridgehead atoms. The van der Waals surface area contributed by atoms with Gasteiger partial charge in [0, 0.05) is 48.7 Å². The number of aromatic nitrogens is 1. The van der Waals surface area contributed by atoms with Gasteiger partial charge in [-0.1, -0.05) is 48.5 Å². The molecule has 0 saturated carbocycles. The lowest BCUT2D eigenvalue weighted by Gasteiger charge is -2.47. The van der Waals surface area contributed by atoms with Crippen molar-refractivity contribution >= 4 is 28.9 Å². The standard InChI is InChI=1S/C31H39N5O4/c1-31(2,3)40-29(38)34-23(16-22-18-32-25-13-8-7-12-24(22)25)19-33-26-14-9-15-35-27(26)17-28(37)36(30(35)39)20-21-10-5-4-6-11-21/h4-8,10-13,18,23,26-27,32-33H,9,14-17,19-20H2,1-3H3,(H,34,38)/t23-,26+,27+/m0/s1. The van der Waals surface area contributed by atoms with Crippen molar-refractivity contribution in [2.24, 2.45) is 0 Å². The minimum Gasteiger partial charge on any atom is -0.444 e. The fourth-order valence-corrected chi connectivity index (χ4v) is 5.77. The highest BCUT2D eigenvalue weighted by Crippen LogP contribution is 2.28. The highest BCUT2D eigenvalue weighted by atomic mass is 16.6. The molecule has 3 aromatic rings. The van der Waals surface area contributed by atoms with E-state index >= 15 is 0 Å². The Kier molecular flexibility index (Phi) is 8.12. The fraction of sp³-hybridized carbons (Fsp3) is 0.452. The van der Waals surface area contributed by atoms with Crippen molar-refractivity contribution in [1.29, 1.82) is 0 Å². The van der Waals surface area contributed by atoms with E-state index in [9.17, 15) is 14.4 Å². The van der Waals surface area contributed by atoms with E-state index in [4.69, 9.17) is 4.74 Å². The molecule has 3 heterocycles. The summed E-state index contributed by atoms with van der Waals surface area (Å²) in [6.45, 7) is 6.92. The quantitative estimate of drug-likeness (QED) is 0.384. The second kappa shape index (κ2) is 11.7. The molecule has 9 heteroatoms.